The Kier molecular flexibility index (Phi) is 4.79. The van der Waals surface area contributed by atoms with Crippen molar-refractivity contribution in [3.63, 3.8) is 0 Å². The van der Waals surface area contributed by atoms with Crippen LogP contribution in [0.4, 0.5) is 5.69 Å². The largest absolute Gasteiger partial charge is 0.456 e. The second kappa shape index (κ2) is 7.24. The average Bonchev–Trinajstić information content (AvgIpc) is 2.67. The van der Waals surface area contributed by atoms with Crippen molar-refractivity contribution in [1.82, 2.24) is 4.98 Å². The molecule has 0 fully saturated rings. The number of halogens is 1. The quantitative estimate of drug-likeness (QED) is 0.622. The van der Waals surface area contributed by atoms with Crippen molar-refractivity contribution in [1.29, 1.82) is 0 Å². The first-order valence-electron chi connectivity index (χ1n) is 9.44. The number of hydrogen-bond acceptors (Lipinski definition) is 3. The first-order valence-corrected chi connectivity index (χ1v) is 9.82. The molecule has 138 valence electrons. The van der Waals surface area contributed by atoms with Crippen molar-refractivity contribution in [2.75, 3.05) is 18.0 Å². The molecule has 1 atom stereocenters. The van der Waals surface area contributed by atoms with Crippen LogP contribution < -0.4 is 9.64 Å². The Hall–Kier alpha value is -2.52. The predicted molar refractivity (Wildman–Crippen MR) is 112 cm³/mol. The SMILES string of the molecule is CCN(CC)c1ccc2c(c1)OC1=CC(C)C=CC1=C2c1ccc(Cl)nc1. The Morgan fingerprint density at radius 2 is 1.96 bits per heavy atom. The van der Waals surface area contributed by atoms with Crippen molar-refractivity contribution in [3.05, 3.63) is 82.4 Å². The molecule has 1 aliphatic carbocycles. The molecule has 0 spiro atoms. The first-order chi connectivity index (χ1) is 13.1. The topological polar surface area (TPSA) is 25.4 Å². The van der Waals surface area contributed by atoms with E-state index in [1.54, 1.807) is 0 Å². The van der Waals surface area contributed by atoms with Gasteiger partial charge in [0.15, 0.2) is 0 Å². The Morgan fingerprint density at radius 1 is 1.15 bits per heavy atom. The van der Waals surface area contributed by atoms with Crippen LogP contribution in [0, 0.1) is 5.92 Å². The van der Waals surface area contributed by atoms with Crippen LogP contribution in [0.1, 0.15) is 31.9 Å². The summed E-state index contributed by atoms with van der Waals surface area (Å²) < 4.78 is 6.34. The molecule has 1 aromatic heterocycles. The molecular weight excluding hydrogens is 356 g/mol. The fraction of sp³-hybridized carbons (Fsp3) is 0.261. The van der Waals surface area contributed by atoms with E-state index in [2.05, 4.69) is 67.1 Å². The lowest BCUT2D eigenvalue weighted by molar-refractivity contribution is 0.426. The standard InChI is InChI=1S/C23H23ClN2O/c1-4-26(5-2)17-8-10-19-21(13-17)27-20-12-15(3)6-9-18(20)23(19)16-7-11-22(24)25-14-16/h6-15H,4-5H2,1-3H3. The molecule has 1 aliphatic heterocycles. The monoisotopic (exact) mass is 378 g/mol. The third kappa shape index (κ3) is 3.28. The summed E-state index contributed by atoms with van der Waals surface area (Å²) in [6.45, 7) is 8.43. The summed E-state index contributed by atoms with van der Waals surface area (Å²) >= 11 is 6.01. The molecular formula is C23H23ClN2O. The van der Waals surface area contributed by atoms with Gasteiger partial charge >= 0.3 is 0 Å². The van der Waals surface area contributed by atoms with E-state index >= 15 is 0 Å². The van der Waals surface area contributed by atoms with E-state index in [0.29, 0.717) is 11.1 Å². The summed E-state index contributed by atoms with van der Waals surface area (Å²) in [7, 11) is 0. The van der Waals surface area contributed by atoms with Crippen LogP contribution >= 0.6 is 11.6 Å². The molecule has 0 bridgehead atoms. The number of ether oxygens (including phenoxy) is 1. The average molecular weight is 379 g/mol. The summed E-state index contributed by atoms with van der Waals surface area (Å²) in [6, 6.07) is 10.3. The van der Waals surface area contributed by atoms with E-state index in [1.807, 2.05) is 18.3 Å². The third-order valence-electron chi connectivity index (χ3n) is 5.11. The second-order valence-electron chi connectivity index (χ2n) is 6.86. The van der Waals surface area contributed by atoms with Gasteiger partial charge in [-0.05, 0) is 50.1 Å². The van der Waals surface area contributed by atoms with Gasteiger partial charge in [0, 0.05) is 53.3 Å². The zero-order valence-corrected chi connectivity index (χ0v) is 16.6. The number of allylic oxidation sites excluding steroid dienone is 3. The predicted octanol–water partition coefficient (Wildman–Crippen LogP) is 5.87. The number of pyridine rings is 1. The molecule has 0 saturated heterocycles. The molecule has 4 heteroatoms. The smallest absolute Gasteiger partial charge is 0.137 e. The number of fused-ring (bicyclic) bond motifs is 2. The Balaban J connectivity index is 1.91. The van der Waals surface area contributed by atoms with Crippen LogP contribution in [0.25, 0.3) is 5.57 Å². The first kappa shape index (κ1) is 17.9. The van der Waals surface area contributed by atoms with E-state index in [0.717, 1.165) is 46.9 Å². The highest BCUT2D eigenvalue weighted by Gasteiger charge is 2.27. The minimum absolute atomic E-state index is 0.348. The van der Waals surface area contributed by atoms with Gasteiger partial charge in [-0.2, -0.15) is 0 Å². The van der Waals surface area contributed by atoms with Gasteiger partial charge in [-0.3, -0.25) is 0 Å². The number of hydrogen-bond donors (Lipinski definition) is 0. The van der Waals surface area contributed by atoms with Gasteiger partial charge in [-0.25, -0.2) is 4.98 Å². The van der Waals surface area contributed by atoms with Crippen molar-refractivity contribution >= 4 is 22.9 Å². The van der Waals surface area contributed by atoms with Crippen molar-refractivity contribution in [3.8, 4) is 5.75 Å². The van der Waals surface area contributed by atoms with Crippen LogP contribution in [-0.2, 0) is 0 Å². The number of nitrogens with zero attached hydrogens (tertiary/aromatic N) is 2. The lowest BCUT2D eigenvalue weighted by Crippen LogP contribution is -2.22. The zero-order valence-electron chi connectivity index (χ0n) is 15.9. The van der Waals surface area contributed by atoms with E-state index < -0.39 is 0 Å². The third-order valence-corrected chi connectivity index (χ3v) is 5.34. The van der Waals surface area contributed by atoms with E-state index in [9.17, 15) is 0 Å². The molecule has 2 aliphatic rings. The van der Waals surface area contributed by atoms with Gasteiger partial charge in [-0.15, -0.1) is 0 Å². The molecule has 2 heterocycles. The molecule has 4 rings (SSSR count). The molecule has 0 N–H and O–H groups in total. The molecule has 0 saturated carbocycles. The number of rotatable bonds is 4. The molecule has 1 unspecified atom stereocenters. The van der Waals surface area contributed by atoms with E-state index in [1.165, 1.54) is 5.69 Å². The number of aromatic nitrogens is 1. The summed E-state index contributed by atoms with van der Waals surface area (Å²) in [5, 5.41) is 0.497. The summed E-state index contributed by atoms with van der Waals surface area (Å²) in [6.07, 6.45) is 8.36. The summed E-state index contributed by atoms with van der Waals surface area (Å²) in [5.74, 6) is 2.15. The van der Waals surface area contributed by atoms with Crippen LogP contribution in [0.5, 0.6) is 5.75 Å². The van der Waals surface area contributed by atoms with E-state index in [-0.39, 0.29) is 0 Å². The highest BCUT2D eigenvalue weighted by Crippen LogP contribution is 2.44. The van der Waals surface area contributed by atoms with Gasteiger partial charge in [0.2, 0.25) is 0 Å². The fourth-order valence-electron chi connectivity index (χ4n) is 3.70. The number of anilines is 1. The van der Waals surface area contributed by atoms with Gasteiger partial charge < -0.3 is 9.64 Å². The Labute approximate surface area is 165 Å². The second-order valence-corrected chi connectivity index (χ2v) is 7.25. The minimum Gasteiger partial charge on any atom is -0.456 e. The summed E-state index contributed by atoms with van der Waals surface area (Å²) in [4.78, 5) is 6.61. The van der Waals surface area contributed by atoms with E-state index in [4.69, 9.17) is 16.3 Å². The van der Waals surface area contributed by atoms with Gasteiger partial charge in [0.05, 0.1) is 0 Å². The van der Waals surface area contributed by atoms with Crippen LogP contribution in [0.3, 0.4) is 0 Å². The Morgan fingerprint density at radius 3 is 2.67 bits per heavy atom. The van der Waals surface area contributed by atoms with Gasteiger partial charge in [0.25, 0.3) is 0 Å². The number of benzene rings is 1. The van der Waals surface area contributed by atoms with Gasteiger partial charge in [0.1, 0.15) is 16.7 Å². The summed E-state index contributed by atoms with van der Waals surface area (Å²) in [5.41, 5.74) is 5.54. The van der Waals surface area contributed by atoms with Crippen molar-refractivity contribution < 1.29 is 4.74 Å². The molecule has 0 radical (unpaired) electrons. The molecule has 0 amide bonds. The maximum Gasteiger partial charge on any atom is 0.137 e. The molecule has 27 heavy (non-hydrogen) atoms. The highest BCUT2D eigenvalue weighted by molar-refractivity contribution is 6.29. The van der Waals surface area contributed by atoms with Crippen molar-refractivity contribution in [2.24, 2.45) is 5.92 Å². The molecule has 1 aromatic carbocycles. The lowest BCUT2D eigenvalue weighted by Gasteiger charge is -2.29. The zero-order chi connectivity index (χ0) is 19.0. The maximum absolute atomic E-state index is 6.34. The lowest BCUT2D eigenvalue weighted by atomic mass is 9.87. The normalized spacial score (nSPS) is 17.8. The maximum atomic E-state index is 6.34. The molecule has 2 aromatic rings. The molecule has 3 nitrogen and oxygen atoms in total. The Bertz CT molecular complexity index is 953. The van der Waals surface area contributed by atoms with Crippen LogP contribution in [0.2, 0.25) is 5.15 Å². The van der Waals surface area contributed by atoms with Crippen molar-refractivity contribution in [2.45, 2.75) is 20.8 Å². The van der Waals surface area contributed by atoms with Gasteiger partial charge in [-0.1, -0.05) is 30.7 Å². The van der Waals surface area contributed by atoms with Crippen LogP contribution in [0.15, 0.2) is 66.1 Å². The fourth-order valence-corrected chi connectivity index (χ4v) is 3.81. The van der Waals surface area contributed by atoms with Crippen LogP contribution in [-0.4, -0.2) is 18.1 Å². The minimum atomic E-state index is 0.348. The highest BCUT2D eigenvalue weighted by atomic mass is 35.5.